The van der Waals surface area contributed by atoms with Gasteiger partial charge in [0.15, 0.2) is 11.6 Å². The smallest absolute Gasteiger partial charge is 0.229 e. The van der Waals surface area contributed by atoms with Gasteiger partial charge in [0.05, 0.1) is 44.4 Å². The fourth-order valence-corrected chi connectivity index (χ4v) is 10.1. The zero-order chi connectivity index (χ0) is 60.6. The predicted molar refractivity (Wildman–Crippen MR) is 327 cm³/mol. The summed E-state index contributed by atoms with van der Waals surface area (Å²) in [6.45, 7) is 16.5. The second-order valence-corrected chi connectivity index (χ2v) is 22.5. The van der Waals surface area contributed by atoms with E-state index < -0.39 is 11.6 Å². The van der Waals surface area contributed by atoms with Crippen molar-refractivity contribution in [1.82, 2.24) is 84.4 Å². The average molecular weight is 1240 g/mol. The first-order valence-electron chi connectivity index (χ1n) is 28.3. The van der Waals surface area contributed by atoms with Gasteiger partial charge in [-0.05, 0) is 90.3 Å². The van der Waals surface area contributed by atoms with Crippen LogP contribution in [0.15, 0.2) is 129 Å². The molecule has 0 aliphatic carbocycles. The lowest BCUT2D eigenvalue weighted by Gasteiger charge is -2.34. The summed E-state index contributed by atoms with van der Waals surface area (Å²) >= 11 is 16.4. The molecule has 87 heavy (non-hydrogen) atoms. The molecule has 0 bridgehead atoms. The van der Waals surface area contributed by atoms with Crippen LogP contribution in [0.4, 0.5) is 29.5 Å². The number of benzene rings is 2. The maximum atomic E-state index is 5.89. The molecule has 9 aromatic rings. The number of aromatic nitrogens is 17. The molecule has 2 unspecified atom stereocenters. The third-order valence-corrected chi connectivity index (χ3v) is 14.4. The van der Waals surface area contributed by atoms with Crippen molar-refractivity contribution in [3.05, 3.63) is 179 Å². The van der Waals surface area contributed by atoms with Crippen molar-refractivity contribution in [2.24, 2.45) is 0 Å². The highest BCUT2D eigenvalue weighted by Gasteiger charge is 2.34. The molecule has 11 heterocycles. The van der Waals surface area contributed by atoms with Gasteiger partial charge in [-0.25, -0.2) is 49.8 Å². The number of nitrogen functional groups attached to an aromatic ring is 1. The van der Waals surface area contributed by atoms with Crippen molar-refractivity contribution in [3.63, 3.8) is 0 Å². The highest BCUT2D eigenvalue weighted by Crippen LogP contribution is 2.25. The van der Waals surface area contributed by atoms with Crippen molar-refractivity contribution in [1.29, 1.82) is 0 Å². The van der Waals surface area contributed by atoms with Gasteiger partial charge in [-0.3, -0.25) is 9.36 Å². The van der Waals surface area contributed by atoms with Gasteiger partial charge in [0.25, 0.3) is 0 Å². The number of piperazine rings is 2. The summed E-state index contributed by atoms with van der Waals surface area (Å²) in [6, 6.07) is 20.7. The van der Waals surface area contributed by atoms with Crippen molar-refractivity contribution in [2.75, 3.05) is 90.9 Å². The van der Waals surface area contributed by atoms with E-state index in [9.17, 15) is 0 Å². The Labute approximate surface area is 518 Å². The summed E-state index contributed by atoms with van der Waals surface area (Å²) in [5.41, 5.74) is 12.0. The zero-order valence-corrected chi connectivity index (χ0v) is 50.9. The van der Waals surface area contributed by atoms with Gasteiger partial charge in [-0.1, -0.05) is 60.7 Å². The second kappa shape index (κ2) is 29.4. The zero-order valence-electron chi connectivity index (χ0n) is 48.6. The number of hydrogen-bond donors (Lipinski definition) is 1. The first-order valence-corrected chi connectivity index (χ1v) is 29.4. The molecule has 2 atom stereocenters. The van der Waals surface area contributed by atoms with Gasteiger partial charge in [-0.2, -0.15) is 25.1 Å². The highest BCUT2D eigenvalue weighted by molar-refractivity contribution is 6.30. The molecule has 13 rings (SSSR count). The molecular weight excluding hydrogens is 1180 g/mol. The van der Waals surface area contributed by atoms with Crippen LogP contribution in [0.1, 0.15) is 61.3 Å². The van der Waals surface area contributed by atoms with Crippen LogP contribution in [-0.2, 0) is 51.3 Å². The van der Waals surface area contributed by atoms with Gasteiger partial charge < -0.3 is 44.3 Å². The molecule has 0 radical (unpaired) electrons. The monoisotopic (exact) mass is 1240 g/mol. The Morgan fingerprint density at radius 2 is 0.851 bits per heavy atom. The quantitative estimate of drug-likeness (QED) is 0.121. The maximum absolute atomic E-state index is 5.89. The van der Waals surface area contributed by atoms with Crippen LogP contribution < -0.4 is 25.3 Å². The molecule has 4 fully saturated rings. The third-order valence-electron chi connectivity index (χ3n) is 13.8. The minimum absolute atomic E-state index is 0.00665. The summed E-state index contributed by atoms with van der Waals surface area (Å²) in [4.78, 5) is 63.2. The lowest BCUT2D eigenvalue weighted by molar-refractivity contribution is -0.140. The molecule has 26 nitrogen and oxygen atoms in total. The molecule has 4 saturated heterocycles. The number of ether oxygens (including phenoxy) is 4. The van der Waals surface area contributed by atoms with E-state index in [0.717, 1.165) is 99.6 Å². The van der Waals surface area contributed by atoms with Gasteiger partial charge >= 0.3 is 0 Å². The summed E-state index contributed by atoms with van der Waals surface area (Å²) < 4.78 is 26.3. The Hall–Kier alpha value is -8.24. The van der Waals surface area contributed by atoms with E-state index in [4.69, 9.17) is 64.5 Å². The SMILES string of the molecule is CC1(C)OCC(Cn2cc(Cc3ncnc(N4CCN(c5ncc(Cc6ccccc6)cn5)CC4)n3)cn2)O1.CC1(C)OCC(Cn2cc(N)cn2)O1.Clc1ncnc(Cl)n1.Clc1ncnc(N2CCN(c3ncc(Cc4ccccc4)cn3)CC2)n1. The Bertz CT molecular complexity index is 3540. The molecule has 4 aliphatic rings. The van der Waals surface area contributed by atoms with Crippen LogP contribution in [0.3, 0.4) is 0 Å². The van der Waals surface area contributed by atoms with Crippen molar-refractivity contribution >= 4 is 64.3 Å². The van der Waals surface area contributed by atoms with Crippen LogP contribution in [0.5, 0.6) is 0 Å². The van der Waals surface area contributed by atoms with Crippen LogP contribution in [0.2, 0.25) is 15.9 Å². The number of nitrogens with zero attached hydrogens (tertiary/aromatic N) is 21. The van der Waals surface area contributed by atoms with Crippen LogP contribution in [0, 0.1) is 0 Å². The minimum Gasteiger partial charge on any atom is -0.396 e. The Morgan fingerprint density at radius 3 is 1.26 bits per heavy atom. The van der Waals surface area contributed by atoms with E-state index in [0.29, 0.717) is 50.3 Å². The van der Waals surface area contributed by atoms with Gasteiger partial charge in [0, 0.05) is 109 Å². The molecule has 2 aromatic carbocycles. The van der Waals surface area contributed by atoms with E-state index in [1.807, 2.05) is 93.8 Å². The molecule has 2 N–H and O–H groups in total. The number of hydrogen-bond acceptors (Lipinski definition) is 24. The van der Waals surface area contributed by atoms with Crippen molar-refractivity contribution < 1.29 is 18.9 Å². The van der Waals surface area contributed by atoms with E-state index in [1.54, 1.807) is 23.4 Å². The fourth-order valence-electron chi connectivity index (χ4n) is 9.70. The molecule has 454 valence electrons. The van der Waals surface area contributed by atoms with Gasteiger partial charge in [0.2, 0.25) is 39.6 Å². The Balaban J connectivity index is 0.000000148. The summed E-state index contributed by atoms with van der Waals surface area (Å²) in [7, 11) is 0. The van der Waals surface area contributed by atoms with E-state index >= 15 is 0 Å². The largest absolute Gasteiger partial charge is 0.396 e. The molecule has 4 aliphatic heterocycles. The van der Waals surface area contributed by atoms with Crippen molar-refractivity contribution in [3.8, 4) is 0 Å². The normalized spacial score (nSPS) is 17.8. The maximum Gasteiger partial charge on any atom is 0.229 e. The van der Waals surface area contributed by atoms with Crippen LogP contribution in [-0.4, -0.2) is 174 Å². The Kier molecular flexibility index (Phi) is 20.9. The number of rotatable bonds is 14. The molecule has 7 aromatic heterocycles. The molecular formula is C58H67Cl3N22O4. The van der Waals surface area contributed by atoms with Crippen molar-refractivity contribution in [2.45, 2.75) is 83.8 Å². The molecule has 0 spiro atoms. The minimum atomic E-state index is -0.534. The van der Waals surface area contributed by atoms with Crippen LogP contribution in [0.25, 0.3) is 0 Å². The first kappa shape index (κ1) is 61.8. The van der Waals surface area contributed by atoms with Crippen LogP contribution >= 0.6 is 34.8 Å². The molecule has 0 amide bonds. The number of anilines is 5. The second-order valence-electron chi connectivity index (χ2n) is 21.5. The summed E-state index contributed by atoms with van der Waals surface area (Å²) in [5.74, 6) is 2.55. The average Bonchev–Trinajstić information content (AvgIpc) is 3.94. The Morgan fingerprint density at radius 1 is 0.437 bits per heavy atom. The van der Waals surface area contributed by atoms with Gasteiger partial charge in [-0.15, -0.1) is 0 Å². The van der Waals surface area contributed by atoms with E-state index in [2.05, 4.69) is 126 Å². The number of halogens is 3. The molecule has 29 heteroatoms. The molecule has 0 saturated carbocycles. The summed E-state index contributed by atoms with van der Waals surface area (Å²) in [6.07, 6.45) is 21.6. The highest BCUT2D eigenvalue weighted by atomic mass is 35.5. The lowest BCUT2D eigenvalue weighted by Crippen LogP contribution is -2.47. The first-order chi connectivity index (χ1) is 42.1. The van der Waals surface area contributed by atoms with E-state index in [-0.39, 0.29) is 28.1 Å². The lowest BCUT2D eigenvalue weighted by atomic mass is 10.1. The van der Waals surface area contributed by atoms with E-state index in [1.165, 1.54) is 23.8 Å². The number of nitrogens with two attached hydrogens (primary N) is 1. The topological polar surface area (TPSA) is 279 Å². The third kappa shape index (κ3) is 18.9. The van der Waals surface area contributed by atoms with Gasteiger partial charge in [0.1, 0.15) is 37.0 Å². The fraction of sp³-hybridized carbons (Fsp3) is 0.397. The predicted octanol–water partition coefficient (Wildman–Crippen LogP) is 6.55. The standard InChI is InChI=1S/C28H33N9O2.C18H18ClN7.C9H15N3O2.C3HCl2N3/c1-28(2)38-19-24(39-28)18-37-17-23(16-33-37)13-25-31-20-32-27(34-25)36-10-8-35(9-11-36)26-29-14-22(15-30-26)12-21-6-4-3-5-7-21;19-16-22-13-23-18(24-16)26-8-6-25(7-9-26)17-20-11-15(12-21-17)10-14-4-2-1-3-5-14;1-9(2)13-6-8(14-9)5-12-4-7(10)3-11-12;4-2-6-1-7-3(5)8-2/h3-7,14-17,20,24H,8-13,18-19H2,1-2H3;1-5,11-13H,6-10H2;3-4,8H,5-6,10H2,1-2H3;1H. The summed E-state index contributed by atoms with van der Waals surface area (Å²) in [5, 5.41) is 9.01.